The summed E-state index contributed by atoms with van der Waals surface area (Å²) >= 11 is 0. The molecule has 4 nitrogen and oxygen atoms in total. The van der Waals surface area contributed by atoms with Crippen LogP contribution >= 0.6 is 0 Å². The van der Waals surface area contributed by atoms with Gasteiger partial charge >= 0.3 is 0 Å². The molecule has 2 saturated carbocycles. The van der Waals surface area contributed by atoms with E-state index in [-0.39, 0.29) is 5.41 Å². The summed E-state index contributed by atoms with van der Waals surface area (Å²) in [5, 5.41) is 3.68. The van der Waals surface area contributed by atoms with E-state index in [1.807, 2.05) is 0 Å². The lowest BCUT2D eigenvalue weighted by molar-refractivity contribution is -0.129. The lowest BCUT2D eigenvalue weighted by Crippen LogP contribution is -2.42. The van der Waals surface area contributed by atoms with Gasteiger partial charge in [-0.05, 0) is 72.1 Å². The highest BCUT2D eigenvalue weighted by Crippen LogP contribution is 2.59. The monoisotopic (exact) mass is 309 g/mol. The highest BCUT2D eigenvalue weighted by atomic mass is 16.1. The van der Waals surface area contributed by atoms with Crippen LogP contribution in [-0.4, -0.2) is 5.78 Å². The van der Waals surface area contributed by atoms with Gasteiger partial charge in [-0.3, -0.25) is 4.79 Å². The molecular weight excluding hydrogens is 286 g/mol. The summed E-state index contributed by atoms with van der Waals surface area (Å²) in [6, 6.07) is 6.60. The van der Waals surface area contributed by atoms with Gasteiger partial charge in [0.25, 0.3) is 0 Å². The van der Waals surface area contributed by atoms with E-state index in [0.29, 0.717) is 30.1 Å². The number of fused-ring (bicyclic) bond motifs is 5. The fraction of sp³-hybridized carbons (Fsp3) is 0.632. The van der Waals surface area contributed by atoms with Gasteiger partial charge in [0.1, 0.15) is 5.78 Å². The van der Waals surface area contributed by atoms with Crippen LogP contribution in [0.2, 0.25) is 0 Å². The Kier molecular flexibility index (Phi) is 3.46. The number of hydrogen-bond acceptors (Lipinski definition) is 2. The molecule has 3 aliphatic rings. The molecule has 0 unspecified atom stereocenters. The van der Waals surface area contributed by atoms with Crippen LogP contribution in [0.1, 0.15) is 61.6 Å². The zero-order valence-electron chi connectivity index (χ0n) is 13.7. The van der Waals surface area contributed by atoms with Gasteiger partial charge in [-0.2, -0.15) is 0 Å². The third kappa shape index (κ3) is 2.20. The van der Waals surface area contributed by atoms with Gasteiger partial charge in [-0.15, -0.1) is 0 Å². The molecule has 0 bridgehead atoms. The number of ketones is 1. The first-order valence-corrected chi connectivity index (χ1v) is 8.79. The molecule has 4 rings (SSSR count). The van der Waals surface area contributed by atoms with E-state index in [4.69, 9.17) is 5.53 Å². The molecule has 4 heteroatoms. The van der Waals surface area contributed by atoms with E-state index >= 15 is 0 Å². The van der Waals surface area contributed by atoms with Crippen LogP contribution in [0, 0.1) is 17.3 Å². The average molecular weight is 309 g/mol. The molecule has 0 saturated heterocycles. The summed E-state index contributed by atoms with van der Waals surface area (Å²) in [7, 11) is 0. The minimum atomic E-state index is -0.0415. The summed E-state index contributed by atoms with van der Waals surface area (Å²) in [4.78, 5) is 15.2. The van der Waals surface area contributed by atoms with E-state index in [2.05, 4.69) is 35.1 Å². The van der Waals surface area contributed by atoms with Crippen LogP contribution in [0.4, 0.5) is 0 Å². The molecule has 1 aromatic rings. The van der Waals surface area contributed by atoms with Crippen molar-refractivity contribution in [3.05, 3.63) is 45.3 Å². The van der Waals surface area contributed by atoms with Gasteiger partial charge in [0.05, 0.1) is 6.54 Å². The third-order valence-corrected chi connectivity index (χ3v) is 6.82. The fourth-order valence-electron chi connectivity index (χ4n) is 5.62. The zero-order chi connectivity index (χ0) is 16.0. The first kappa shape index (κ1) is 14.8. The number of hydrogen-bond donors (Lipinski definition) is 0. The number of carbonyl (C=O) groups excluding carboxylic acids is 1. The number of rotatable bonds is 2. The van der Waals surface area contributed by atoms with E-state index in [1.165, 1.54) is 17.5 Å². The lowest BCUT2D eigenvalue weighted by Gasteiger charge is -2.48. The maximum Gasteiger partial charge on any atom is 0.139 e. The molecule has 23 heavy (non-hydrogen) atoms. The van der Waals surface area contributed by atoms with E-state index < -0.39 is 0 Å². The summed E-state index contributed by atoms with van der Waals surface area (Å²) in [6.45, 7) is 2.66. The maximum atomic E-state index is 12.4. The number of Topliss-reactive ketones (excluding diaryl/α,β-unsaturated/α-hetero) is 1. The van der Waals surface area contributed by atoms with Gasteiger partial charge in [0.15, 0.2) is 0 Å². The molecule has 0 amide bonds. The van der Waals surface area contributed by atoms with Crippen molar-refractivity contribution in [3.8, 4) is 0 Å². The smallest absolute Gasteiger partial charge is 0.139 e. The fourth-order valence-corrected chi connectivity index (χ4v) is 5.62. The number of azide groups is 1. The topological polar surface area (TPSA) is 65.8 Å². The predicted molar refractivity (Wildman–Crippen MR) is 88.9 cm³/mol. The SMILES string of the molecule is C[C@]12CC[C@@H]3c4ccc(CN=[N+]=[N-])cc4CC[C@H]3[C@@H]1CCC2=O. The van der Waals surface area contributed by atoms with Gasteiger partial charge < -0.3 is 0 Å². The van der Waals surface area contributed by atoms with Gasteiger partial charge in [-0.25, -0.2) is 0 Å². The molecule has 0 spiro atoms. The average Bonchev–Trinajstić information content (AvgIpc) is 2.88. The molecule has 3 aliphatic carbocycles. The zero-order valence-corrected chi connectivity index (χ0v) is 13.7. The second-order valence-corrected chi connectivity index (χ2v) is 7.76. The largest absolute Gasteiger partial charge is 0.299 e. The molecule has 0 radical (unpaired) electrons. The molecule has 0 aliphatic heterocycles. The molecule has 120 valence electrons. The minimum Gasteiger partial charge on any atom is -0.299 e. The predicted octanol–water partition coefficient (Wildman–Crippen LogP) is 4.92. The Hall–Kier alpha value is -1.80. The number of nitrogens with zero attached hydrogens (tertiary/aromatic N) is 3. The Labute approximate surface area is 136 Å². The second-order valence-electron chi connectivity index (χ2n) is 7.76. The standard InChI is InChI=1S/C19H23N3O/c1-19-9-8-15-14-4-2-12(11-21-22-20)10-13(14)3-5-16(15)17(19)6-7-18(19)23/h2,4,10,15-17H,3,5-9,11H2,1H3/t15-,16-,17+,19+/m1/s1. The van der Waals surface area contributed by atoms with Crippen molar-refractivity contribution in [1.29, 1.82) is 0 Å². The highest BCUT2D eigenvalue weighted by molar-refractivity contribution is 5.87. The van der Waals surface area contributed by atoms with E-state index in [0.717, 1.165) is 37.7 Å². The molecule has 1 aromatic carbocycles. The second kappa shape index (κ2) is 5.38. The Morgan fingerprint density at radius 2 is 2.17 bits per heavy atom. The first-order valence-electron chi connectivity index (χ1n) is 8.79. The van der Waals surface area contributed by atoms with E-state index in [9.17, 15) is 4.79 Å². The molecular formula is C19H23N3O. The van der Waals surface area contributed by atoms with Crippen molar-refractivity contribution in [2.45, 2.75) is 57.9 Å². The Morgan fingerprint density at radius 3 is 3.00 bits per heavy atom. The summed E-state index contributed by atoms with van der Waals surface area (Å²) in [5.74, 6) is 2.40. The van der Waals surface area contributed by atoms with Crippen LogP contribution < -0.4 is 0 Å². The quantitative estimate of drug-likeness (QED) is 0.434. The number of aryl methyl sites for hydroxylation is 1. The van der Waals surface area contributed by atoms with Gasteiger partial charge in [-0.1, -0.05) is 30.2 Å². The minimum absolute atomic E-state index is 0.0415. The van der Waals surface area contributed by atoms with Crippen molar-refractivity contribution in [3.63, 3.8) is 0 Å². The molecule has 0 N–H and O–H groups in total. The van der Waals surface area contributed by atoms with Crippen molar-refractivity contribution < 1.29 is 4.79 Å². The summed E-state index contributed by atoms with van der Waals surface area (Å²) in [5.41, 5.74) is 12.5. The Balaban J connectivity index is 1.64. The third-order valence-electron chi connectivity index (χ3n) is 6.82. The van der Waals surface area contributed by atoms with Crippen molar-refractivity contribution >= 4 is 5.78 Å². The van der Waals surface area contributed by atoms with Crippen molar-refractivity contribution in [2.75, 3.05) is 0 Å². The normalized spacial score (nSPS) is 35.0. The van der Waals surface area contributed by atoms with Crippen molar-refractivity contribution in [2.24, 2.45) is 22.4 Å². The Morgan fingerprint density at radius 1 is 1.30 bits per heavy atom. The van der Waals surface area contributed by atoms with Crippen molar-refractivity contribution in [1.82, 2.24) is 0 Å². The Bertz CT molecular complexity index is 707. The first-order chi connectivity index (χ1) is 11.1. The van der Waals surface area contributed by atoms with Crippen LogP contribution in [0.5, 0.6) is 0 Å². The highest BCUT2D eigenvalue weighted by Gasteiger charge is 2.54. The number of benzene rings is 1. The van der Waals surface area contributed by atoms with Crippen LogP contribution in [0.25, 0.3) is 10.4 Å². The molecule has 0 aromatic heterocycles. The lowest BCUT2D eigenvalue weighted by atomic mass is 9.55. The number of carbonyl (C=O) groups is 1. The summed E-state index contributed by atoms with van der Waals surface area (Å²) < 4.78 is 0. The molecule has 0 heterocycles. The van der Waals surface area contributed by atoms with Gasteiger partial charge in [0, 0.05) is 16.7 Å². The van der Waals surface area contributed by atoms with Crippen LogP contribution in [-0.2, 0) is 17.8 Å². The molecule has 4 atom stereocenters. The van der Waals surface area contributed by atoms with Gasteiger partial charge in [0.2, 0.25) is 0 Å². The van der Waals surface area contributed by atoms with Crippen LogP contribution in [0.3, 0.4) is 0 Å². The summed E-state index contributed by atoms with van der Waals surface area (Å²) in [6.07, 6.45) is 6.39. The molecule has 2 fully saturated rings. The maximum absolute atomic E-state index is 12.4. The van der Waals surface area contributed by atoms with Crippen LogP contribution in [0.15, 0.2) is 23.3 Å². The van der Waals surface area contributed by atoms with E-state index in [1.54, 1.807) is 0 Å².